The van der Waals surface area contributed by atoms with Crippen molar-refractivity contribution in [1.82, 2.24) is 4.98 Å². The number of nitrogen functional groups attached to an aromatic ring is 1. The van der Waals surface area contributed by atoms with Gasteiger partial charge in [-0.3, -0.25) is 0 Å². The van der Waals surface area contributed by atoms with Crippen molar-refractivity contribution in [3.05, 3.63) is 44.2 Å². The summed E-state index contributed by atoms with van der Waals surface area (Å²) in [6.45, 7) is 2.03. The van der Waals surface area contributed by atoms with E-state index in [4.69, 9.17) is 5.73 Å². The molecule has 2 N–H and O–H groups in total. The predicted octanol–water partition coefficient (Wildman–Crippen LogP) is 3.39. The van der Waals surface area contributed by atoms with Gasteiger partial charge in [0.2, 0.25) is 0 Å². The number of anilines is 1. The number of thiophene rings is 1. The Hall–Kier alpha value is -0.870. The number of nitrogens with two attached hydrogens (primary N) is 1. The van der Waals surface area contributed by atoms with Crippen LogP contribution in [0.2, 0.25) is 0 Å². The summed E-state index contributed by atoms with van der Waals surface area (Å²) in [6.07, 6.45) is 2.65. The topological polar surface area (TPSA) is 38.9 Å². The Morgan fingerprint density at radius 3 is 2.93 bits per heavy atom. The highest BCUT2D eigenvalue weighted by atomic mass is 79.9. The number of hydrogen-bond donors (Lipinski definition) is 1. The van der Waals surface area contributed by atoms with Crippen molar-refractivity contribution in [2.45, 2.75) is 13.3 Å². The Labute approximate surface area is 101 Å². The third kappa shape index (κ3) is 2.58. The molecule has 2 nitrogen and oxygen atoms in total. The van der Waals surface area contributed by atoms with Crippen LogP contribution in [-0.4, -0.2) is 4.98 Å². The summed E-state index contributed by atoms with van der Waals surface area (Å²) in [7, 11) is 0. The van der Waals surface area contributed by atoms with E-state index in [0.29, 0.717) is 5.82 Å². The van der Waals surface area contributed by atoms with E-state index in [1.165, 1.54) is 4.88 Å². The fraction of sp³-hybridized carbons (Fsp3) is 0.182. The lowest BCUT2D eigenvalue weighted by atomic mass is 10.1. The fourth-order valence-corrected chi connectivity index (χ4v) is 2.89. The number of pyridine rings is 1. The Kier molecular flexibility index (Phi) is 3.07. The lowest BCUT2D eigenvalue weighted by Crippen LogP contribution is -1.98. The molecule has 2 heterocycles. The van der Waals surface area contributed by atoms with Gasteiger partial charge in [-0.15, -0.1) is 11.3 Å². The summed E-state index contributed by atoms with van der Waals surface area (Å²) in [5.74, 6) is 0.630. The van der Waals surface area contributed by atoms with Crippen molar-refractivity contribution in [2.75, 3.05) is 5.73 Å². The van der Waals surface area contributed by atoms with Crippen LogP contribution in [0.4, 0.5) is 5.82 Å². The van der Waals surface area contributed by atoms with Gasteiger partial charge < -0.3 is 5.73 Å². The van der Waals surface area contributed by atoms with Gasteiger partial charge in [0.25, 0.3) is 0 Å². The van der Waals surface area contributed by atoms with Crippen molar-refractivity contribution >= 4 is 33.1 Å². The van der Waals surface area contributed by atoms with Gasteiger partial charge in [0.1, 0.15) is 5.82 Å². The molecule has 78 valence electrons. The van der Waals surface area contributed by atoms with Crippen LogP contribution in [0, 0.1) is 6.92 Å². The number of nitrogens with zero attached hydrogens (tertiary/aromatic N) is 1. The van der Waals surface area contributed by atoms with Gasteiger partial charge in [0.15, 0.2) is 0 Å². The van der Waals surface area contributed by atoms with Crippen LogP contribution in [0.5, 0.6) is 0 Å². The van der Waals surface area contributed by atoms with Gasteiger partial charge in [0.05, 0.1) is 0 Å². The summed E-state index contributed by atoms with van der Waals surface area (Å²) >= 11 is 5.17. The molecule has 0 aliphatic carbocycles. The maximum atomic E-state index is 5.83. The van der Waals surface area contributed by atoms with E-state index in [9.17, 15) is 0 Å². The van der Waals surface area contributed by atoms with Crippen molar-refractivity contribution in [3.8, 4) is 0 Å². The van der Waals surface area contributed by atoms with Gasteiger partial charge in [-0.1, -0.05) is 6.07 Å². The first-order chi connectivity index (χ1) is 7.15. The van der Waals surface area contributed by atoms with Crippen molar-refractivity contribution < 1.29 is 0 Å². The molecule has 2 rings (SSSR count). The molecule has 4 heteroatoms. The molecule has 0 spiro atoms. The summed E-state index contributed by atoms with van der Waals surface area (Å²) in [5, 5.41) is 2.08. The number of hydrogen-bond acceptors (Lipinski definition) is 3. The number of halogens is 1. The second kappa shape index (κ2) is 4.33. The van der Waals surface area contributed by atoms with Gasteiger partial charge in [-0.25, -0.2) is 4.98 Å². The molecule has 2 aromatic rings. The smallest absolute Gasteiger partial charge is 0.126 e. The molecule has 0 saturated carbocycles. The Balaban J connectivity index is 2.27. The van der Waals surface area contributed by atoms with Crippen LogP contribution in [0.1, 0.15) is 16.0 Å². The van der Waals surface area contributed by atoms with Crippen LogP contribution >= 0.6 is 27.3 Å². The van der Waals surface area contributed by atoms with Gasteiger partial charge in [-0.05, 0) is 40.0 Å². The summed E-state index contributed by atoms with van der Waals surface area (Å²) in [4.78, 5) is 5.44. The minimum Gasteiger partial charge on any atom is -0.383 e. The minimum atomic E-state index is 0.630. The monoisotopic (exact) mass is 282 g/mol. The maximum Gasteiger partial charge on any atom is 0.126 e. The van der Waals surface area contributed by atoms with E-state index in [1.807, 2.05) is 6.92 Å². The average Bonchev–Trinajstić information content (AvgIpc) is 2.58. The van der Waals surface area contributed by atoms with Crippen molar-refractivity contribution in [1.29, 1.82) is 0 Å². The zero-order chi connectivity index (χ0) is 10.8. The van der Waals surface area contributed by atoms with Crippen LogP contribution in [0.3, 0.4) is 0 Å². The molecule has 0 fully saturated rings. The van der Waals surface area contributed by atoms with E-state index in [-0.39, 0.29) is 0 Å². The van der Waals surface area contributed by atoms with Gasteiger partial charge >= 0.3 is 0 Å². The first-order valence-electron chi connectivity index (χ1n) is 4.59. The van der Waals surface area contributed by atoms with Crippen molar-refractivity contribution in [2.24, 2.45) is 0 Å². The molecule has 0 bridgehead atoms. The summed E-state index contributed by atoms with van der Waals surface area (Å²) in [6, 6.07) is 4.21. The second-order valence-corrected chi connectivity index (χ2v) is 5.38. The van der Waals surface area contributed by atoms with E-state index >= 15 is 0 Å². The minimum absolute atomic E-state index is 0.630. The van der Waals surface area contributed by atoms with E-state index in [1.54, 1.807) is 17.5 Å². The highest BCUT2D eigenvalue weighted by Gasteiger charge is 2.04. The molecule has 0 aliphatic rings. The SMILES string of the molecule is Cc1cnc(N)c(Cc2cc(Br)cs2)c1. The zero-order valence-corrected chi connectivity index (χ0v) is 10.7. The normalized spacial score (nSPS) is 10.5. The largest absolute Gasteiger partial charge is 0.383 e. The zero-order valence-electron chi connectivity index (χ0n) is 8.33. The Morgan fingerprint density at radius 1 is 1.47 bits per heavy atom. The van der Waals surface area contributed by atoms with Crippen LogP contribution in [0.25, 0.3) is 0 Å². The molecule has 0 amide bonds. The quantitative estimate of drug-likeness (QED) is 0.917. The highest BCUT2D eigenvalue weighted by Crippen LogP contribution is 2.24. The number of aromatic nitrogens is 1. The van der Waals surface area contributed by atoms with E-state index < -0.39 is 0 Å². The second-order valence-electron chi connectivity index (χ2n) is 3.47. The van der Waals surface area contributed by atoms with Crippen LogP contribution in [0.15, 0.2) is 28.2 Å². The number of aryl methyl sites for hydroxylation is 1. The molecule has 0 radical (unpaired) electrons. The molecule has 0 atom stereocenters. The first kappa shape index (κ1) is 10.6. The van der Waals surface area contributed by atoms with Gasteiger partial charge in [0, 0.05) is 27.3 Å². The van der Waals surface area contributed by atoms with Crippen LogP contribution in [-0.2, 0) is 6.42 Å². The Bertz CT molecular complexity index is 479. The molecule has 15 heavy (non-hydrogen) atoms. The van der Waals surface area contributed by atoms with Crippen LogP contribution < -0.4 is 5.73 Å². The first-order valence-corrected chi connectivity index (χ1v) is 6.26. The lowest BCUT2D eigenvalue weighted by molar-refractivity contribution is 1.16. The third-order valence-corrected chi connectivity index (χ3v) is 3.82. The lowest BCUT2D eigenvalue weighted by Gasteiger charge is -2.03. The maximum absolute atomic E-state index is 5.83. The molecule has 0 aliphatic heterocycles. The molecule has 2 aromatic heterocycles. The molecular weight excluding hydrogens is 272 g/mol. The van der Waals surface area contributed by atoms with E-state index in [0.717, 1.165) is 22.0 Å². The van der Waals surface area contributed by atoms with E-state index in [2.05, 4.69) is 38.4 Å². The summed E-state index contributed by atoms with van der Waals surface area (Å²) in [5.41, 5.74) is 8.08. The summed E-state index contributed by atoms with van der Waals surface area (Å²) < 4.78 is 1.13. The highest BCUT2D eigenvalue weighted by molar-refractivity contribution is 9.10. The number of rotatable bonds is 2. The molecule has 0 saturated heterocycles. The van der Waals surface area contributed by atoms with Crippen molar-refractivity contribution in [3.63, 3.8) is 0 Å². The molecule has 0 unspecified atom stereocenters. The molecular formula is C11H11BrN2S. The third-order valence-electron chi connectivity index (χ3n) is 2.12. The fourth-order valence-electron chi connectivity index (χ4n) is 1.42. The van der Waals surface area contributed by atoms with Gasteiger partial charge in [-0.2, -0.15) is 0 Å². The predicted molar refractivity (Wildman–Crippen MR) is 68.2 cm³/mol. The molecule has 0 aromatic carbocycles. The average molecular weight is 283 g/mol. The Morgan fingerprint density at radius 2 is 2.27 bits per heavy atom. The standard InChI is InChI=1S/C11H11BrN2S/c1-7-2-8(11(13)14-5-7)3-10-4-9(12)6-15-10/h2,4-6H,3H2,1H3,(H2,13,14).